The van der Waals surface area contributed by atoms with Gasteiger partial charge in [-0.1, -0.05) is 20.8 Å². The molecule has 0 saturated heterocycles. The Balaban J connectivity index is 2.86. The third kappa shape index (κ3) is 1.87. The van der Waals surface area contributed by atoms with E-state index in [1.807, 2.05) is 20.8 Å². The molecule has 0 aliphatic carbocycles. The smallest absolute Gasteiger partial charge is 0.332 e. The Labute approximate surface area is 104 Å². The number of fused-ring (bicyclic) bond motifs is 1. The molecular weight excluding hydrogens is 232 g/mol. The summed E-state index contributed by atoms with van der Waals surface area (Å²) in [4.78, 5) is 31.4. The van der Waals surface area contributed by atoms with Gasteiger partial charge in [-0.3, -0.25) is 13.9 Å². The van der Waals surface area contributed by atoms with Gasteiger partial charge in [-0.15, -0.1) is 0 Å². The minimum Gasteiger partial charge on any atom is -0.336 e. The molecule has 2 rings (SSSR count). The second-order valence-corrected chi connectivity index (χ2v) is 4.89. The maximum Gasteiger partial charge on any atom is 0.332 e. The number of aromatic amines is 1. The summed E-state index contributed by atoms with van der Waals surface area (Å²) in [6.45, 7) is 6.55. The maximum absolute atomic E-state index is 12.1. The lowest BCUT2D eigenvalue weighted by molar-refractivity contribution is 0.500. The second-order valence-electron chi connectivity index (χ2n) is 4.89. The Morgan fingerprint density at radius 3 is 2.56 bits per heavy atom. The van der Waals surface area contributed by atoms with Crippen molar-refractivity contribution in [2.45, 2.75) is 33.7 Å². The highest BCUT2D eigenvalue weighted by Gasteiger charge is 2.15. The summed E-state index contributed by atoms with van der Waals surface area (Å²) in [6.07, 6.45) is 0.702. The molecule has 2 heterocycles. The molecule has 6 heteroatoms. The van der Waals surface area contributed by atoms with Gasteiger partial charge in [0.1, 0.15) is 11.3 Å². The lowest BCUT2D eigenvalue weighted by Gasteiger charge is -2.10. The van der Waals surface area contributed by atoms with Crippen molar-refractivity contribution >= 4 is 11.2 Å². The van der Waals surface area contributed by atoms with Gasteiger partial charge >= 0.3 is 5.69 Å². The molecule has 0 amide bonds. The summed E-state index contributed by atoms with van der Waals surface area (Å²) in [6, 6.07) is 0. The fourth-order valence-corrected chi connectivity index (χ4v) is 1.98. The van der Waals surface area contributed by atoms with Gasteiger partial charge in [0.05, 0.1) is 0 Å². The Kier molecular flexibility index (Phi) is 3.11. The first kappa shape index (κ1) is 12.6. The largest absolute Gasteiger partial charge is 0.336 e. The van der Waals surface area contributed by atoms with E-state index in [4.69, 9.17) is 0 Å². The van der Waals surface area contributed by atoms with Crippen LogP contribution in [0, 0.1) is 5.92 Å². The molecule has 0 atom stereocenters. The maximum atomic E-state index is 12.1. The molecule has 6 nitrogen and oxygen atoms in total. The van der Waals surface area contributed by atoms with E-state index in [0.29, 0.717) is 30.0 Å². The van der Waals surface area contributed by atoms with Crippen molar-refractivity contribution in [2.75, 3.05) is 0 Å². The van der Waals surface area contributed by atoms with E-state index in [0.717, 1.165) is 10.4 Å². The Bertz CT molecular complexity index is 690. The van der Waals surface area contributed by atoms with E-state index in [9.17, 15) is 9.59 Å². The lowest BCUT2D eigenvalue weighted by Crippen LogP contribution is -2.38. The van der Waals surface area contributed by atoms with Gasteiger partial charge in [0.2, 0.25) is 0 Å². The third-order valence-electron chi connectivity index (χ3n) is 2.91. The number of aromatic nitrogens is 4. The van der Waals surface area contributed by atoms with E-state index in [1.165, 1.54) is 7.05 Å². The van der Waals surface area contributed by atoms with E-state index in [2.05, 4.69) is 9.97 Å². The predicted molar refractivity (Wildman–Crippen MR) is 69.8 cm³/mol. The van der Waals surface area contributed by atoms with Gasteiger partial charge in [-0.05, 0) is 5.92 Å². The topological polar surface area (TPSA) is 72.7 Å². The first-order chi connectivity index (χ1) is 8.45. The molecule has 98 valence electrons. The number of nitrogens with one attached hydrogen (secondary N) is 1. The highest BCUT2D eigenvalue weighted by atomic mass is 16.2. The van der Waals surface area contributed by atoms with Crippen LogP contribution in [0.3, 0.4) is 0 Å². The molecule has 0 bridgehead atoms. The summed E-state index contributed by atoms with van der Waals surface area (Å²) in [5.41, 5.74) is 0.251. The standard InChI is InChI=1S/C12H18N4O2/c1-5-8-13-9-10(14-8)16(6-7(2)3)12(18)15(4)11(9)17/h7H,5-6H2,1-4H3,(H,13,14). The van der Waals surface area contributed by atoms with Crippen molar-refractivity contribution in [3.05, 3.63) is 26.7 Å². The highest BCUT2D eigenvalue weighted by Crippen LogP contribution is 2.08. The fraction of sp³-hybridized carbons (Fsp3) is 0.583. The molecule has 0 radical (unpaired) electrons. The van der Waals surface area contributed by atoms with Crippen LogP contribution in [0.15, 0.2) is 9.59 Å². The van der Waals surface area contributed by atoms with E-state index in [1.54, 1.807) is 4.57 Å². The summed E-state index contributed by atoms with van der Waals surface area (Å²) < 4.78 is 2.69. The van der Waals surface area contributed by atoms with Gasteiger partial charge in [0.25, 0.3) is 5.56 Å². The number of nitrogens with zero attached hydrogens (tertiary/aromatic N) is 3. The van der Waals surface area contributed by atoms with Crippen molar-refractivity contribution in [3.63, 3.8) is 0 Å². The van der Waals surface area contributed by atoms with Crippen LogP contribution in [-0.4, -0.2) is 19.1 Å². The quantitative estimate of drug-likeness (QED) is 0.869. The molecule has 0 saturated carbocycles. The average Bonchev–Trinajstić information content (AvgIpc) is 2.75. The first-order valence-electron chi connectivity index (χ1n) is 6.14. The monoisotopic (exact) mass is 250 g/mol. The van der Waals surface area contributed by atoms with Crippen LogP contribution in [-0.2, 0) is 20.0 Å². The van der Waals surface area contributed by atoms with Crippen LogP contribution < -0.4 is 11.2 Å². The number of hydrogen-bond acceptors (Lipinski definition) is 3. The van der Waals surface area contributed by atoms with Gasteiger partial charge in [-0.2, -0.15) is 0 Å². The van der Waals surface area contributed by atoms with Gasteiger partial charge in [0.15, 0.2) is 5.65 Å². The SMILES string of the molecule is CCc1nc2c([nH]1)c(=O)n(C)c(=O)n2CC(C)C. The number of rotatable bonds is 3. The van der Waals surface area contributed by atoms with Crippen LogP contribution in [0.1, 0.15) is 26.6 Å². The zero-order chi connectivity index (χ0) is 13.4. The fourth-order valence-electron chi connectivity index (χ4n) is 1.98. The average molecular weight is 250 g/mol. The second kappa shape index (κ2) is 4.44. The number of imidazole rings is 1. The van der Waals surface area contributed by atoms with Crippen LogP contribution in [0.4, 0.5) is 0 Å². The normalized spacial score (nSPS) is 11.6. The van der Waals surface area contributed by atoms with Crippen LogP contribution in [0.25, 0.3) is 11.2 Å². The lowest BCUT2D eigenvalue weighted by atomic mass is 10.2. The van der Waals surface area contributed by atoms with Crippen molar-refractivity contribution in [1.29, 1.82) is 0 Å². The minimum absolute atomic E-state index is 0.310. The Morgan fingerprint density at radius 1 is 1.33 bits per heavy atom. The Hall–Kier alpha value is -1.85. The molecule has 18 heavy (non-hydrogen) atoms. The van der Waals surface area contributed by atoms with Crippen LogP contribution >= 0.6 is 0 Å². The van der Waals surface area contributed by atoms with Crippen LogP contribution in [0.5, 0.6) is 0 Å². The number of H-pyrrole nitrogens is 1. The van der Waals surface area contributed by atoms with Crippen molar-refractivity contribution in [3.8, 4) is 0 Å². The van der Waals surface area contributed by atoms with Crippen LogP contribution in [0.2, 0.25) is 0 Å². The first-order valence-corrected chi connectivity index (χ1v) is 6.14. The molecule has 0 unspecified atom stereocenters. The molecular formula is C12H18N4O2. The molecule has 2 aromatic heterocycles. The van der Waals surface area contributed by atoms with E-state index >= 15 is 0 Å². The zero-order valence-corrected chi connectivity index (χ0v) is 11.1. The minimum atomic E-state index is -0.317. The molecule has 0 spiro atoms. The molecule has 1 N–H and O–H groups in total. The Morgan fingerprint density at radius 2 is 2.00 bits per heavy atom. The van der Waals surface area contributed by atoms with Crippen molar-refractivity contribution in [2.24, 2.45) is 13.0 Å². The summed E-state index contributed by atoms with van der Waals surface area (Å²) >= 11 is 0. The van der Waals surface area contributed by atoms with E-state index in [-0.39, 0.29) is 11.2 Å². The molecule has 0 aliphatic heterocycles. The van der Waals surface area contributed by atoms with E-state index < -0.39 is 0 Å². The molecule has 0 aromatic carbocycles. The molecule has 0 aliphatic rings. The summed E-state index contributed by atoms with van der Waals surface area (Å²) in [7, 11) is 1.49. The van der Waals surface area contributed by atoms with Gasteiger partial charge < -0.3 is 4.98 Å². The number of hydrogen-bond donors (Lipinski definition) is 1. The molecule has 0 fully saturated rings. The van der Waals surface area contributed by atoms with Gasteiger partial charge in [-0.25, -0.2) is 9.78 Å². The molecule has 2 aromatic rings. The van der Waals surface area contributed by atoms with Crippen molar-refractivity contribution in [1.82, 2.24) is 19.1 Å². The summed E-state index contributed by atoms with van der Waals surface area (Å²) in [5, 5.41) is 0. The van der Waals surface area contributed by atoms with Gasteiger partial charge in [0, 0.05) is 20.0 Å². The van der Waals surface area contributed by atoms with Crippen molar-refractivity contribution < 1.29 is 0 Å². The number of aryl methyl sites for hydroxylation is 1. The third-order valence-corrected chi connectivity index (χ3v) is 2.91. The summed E-state index contributed by atoms with van der Waals surface area (Å²) in [5.74, 6) is 1.04. The highest BCUT2D eigenvalue weighted by molar-refractivity contribution is 5.69. The zero-order valence-electron chi connectivity index (χ0n) is 11.1. The predicted octanol–water partition coefficient (Wildman–Crippen LogP) is 0.642.